The molecule has 1 aromatic heterocycles. The van der Waals surface area contributed by atoms with Gasteiger partial charge in [-0.05, 0) is 49.4 Å². The molecule has 0 N–H and O–H groups in total. The molecule has 2 aromatic carbocycles. The molecule has 1 atom stereocenters. The molecule has 2 heterocycles. The van der Waals surface area contributed by atoms with Gasteiger partial charge in [-0.25, -0.2) is 4.98 Å². The van der Waals surface area contributed by atoms with E-state index in [2.05, 4.69) is 0 Å². The first-order valence-corrected chi connectivity index (χ1v) is 11.1. The first-order valence-electron chi connectivity index (χ1n) is 11.1. The average Bonchev–Trinajstić information content (AvgIpc) is 3.45. The number of benzene rings is 2. The van der Waals surface area contributed by atoms with E-state index in [0.717, 1.165) is 60.2 Å². The van der Waals surface area contributed by atoms with Crippen molar-refractivity contribution >= 4 is 17.0 Å². The van der Waals surface area contributed by atoms with E-state index < -0.39 is 0 Å². The third-order valence-electron chi connectivity index (χ3n) is 6.60. The van der Waals surface area contributed by atoms with E-state index in [9.17, 15) is 4.79 Å². The summed E-state index contributed by atoms with van der Waals surface area (Å²) in [5.74, 6) is 1.99. The highest BCUT2D eigenvalue weighted by Crippen LogP contribution is 2.38. The number of likely N-dealkylation sites (tertiary alicyclic amines) is 1. The maximum absolute atomic E-state index is 13.2. The van der Waals surface area contributed by atoms with Gasteiger partial charge in [0, 0.05) is 18.0 Å². The molecule has 156 valence electrons. The lowest BCUT2D eigenvalue weighted by atomic mass is 9.88. The van der Waals surface area contributed by atoms with Gasteiger partial charge in [-0.2, -0.15) is 0 Å². The molecular weight excluding hydrogens is 376 g/mol. The fourth-order valence-electron chi connectivity index (χ4n) is 5.01. The fraction of sp³-hybridized carbons (Fsp3) is 0.440. The highest BCUT2D eigenvalue weighted by molar-refractivity contribution is 5.83. The second-order valence-corrected chi connectivity index (χ2v) is 8.46. The summed E-state index contributed by atoms with van der Waals surface area (Å²) in [6.45, 7) is 0.811. The summed E-state index contributed by atoms with van der Waals surface area (Å²) in [6, 6.07) is 14.0. The number of fused-ring (bicyclic) bond motifs is 1. The Morgan fingerprint density at radius 2 is 1.90 bits per heavy atom. The largest absolute Gasteiger partial charge is 0.496 e. The molecule has 0 bridgehead atoms. The summed E-state index contributed by atoms with van der Waals surface area (Å²) in [5.41, 5.74) is 3.66. The highest BCUT2D eigenvalue weighted by Gasteiger charge is 2.36. The molecule has 2 fully saturated rings. The number of carbonyl (C=O) groups excluding carboxylic acids is 1. The van der Waals surface area contributed by atoms with E-state index in [1.165, 1.54) is 19.3 Å². The Labute approximate surface area is 177 Å². The van der Waals surface area contributed by atoms with Crippen molar-refractivity contribution in [1.82, 2.24) is 9.88 Å². The molecule has 1 aliphatic heterocycles. The Morgan fingerprint density at radius 1 is 1.07 bits per heavy atom. The normalized spacial score (nSPS) is 20.0. The van der Waals surface area contributed by atoms with Gasteiger partial charge in [-0.1, -0.05) is 43.5 Å². The van der Waals surface area contributed by atoms with E-state index >= 15 is 0 Å². The van der Waals surface area contributed by atoms with Crippen LogP contribution in [0.1, 0.15) is 56.9 Å². The lowest BCUT2D eigenvalue weighted by Gasteiger charge is -2.29. The molecule has 1 unspecified atom stereocenters. The Balaban J connectivity index is 1.44. The zero-order valence-electron chi connectivity index (χ0n) is 17.5. The quantitative estimate of drug-likeness (QED) is 0.556. The Hall–Kier alpha value is -2.82. The molecule has 5 nitrogen and oxygen atoms in total. The SMILES string of the molecule is COc1ccccc1-c1ccc2oc(C3CCCN3C(=O)C3CCCCC3)nc2c1. The molecule has 1 aliphatic carbocycles. The second kappa shape index (κ2) is 8.13. The van der Waals surface area contributed by atoms with Gasteiger partial charge in [-0.15, -0.1) is 0 Å². The monoisotopic (exact) mass is 404 g/mol. The molecule has 5 heteroatoms. The Morgan fingerprint density at radius 3 is 2.73 bits per heavy atom. The van der Waals surface area contributed by atoms with Crippen LogP contribution in [0.3, 0.4) is 0 Å². The predicted octanol–water partition coefficient (Wildman–Crippen LogP) is 5.75. The summed E-state index contributed by atoms with van der Waals surface area (Å²) < 4.78 is 11.6. The predicted molar refractivity (Wildman–Crippen MR) is 116 cm³/mol. The van der Waals surface area contributed by atoms with Crippen LogP contribution < -0.4 is 4.74 Å². The molecule has 1 saturated carbocycles. The van der Waals surface area contributed by atoms with Gasteiger partial charge in [-0.3, -0.25) is 4.79 Å². The van der Waals surface area contributed by atoms with Gasteiger partial charge in [0.25, 0.3) is 0 Å². The minimum Gasteiger partial charge on any atom is -0.496 e. The van der Waals surface area contributed by atoms with Crippen LogP contribution >= 0.6 is 0 Å². The number of ether oxygens (including phenoxy) is 1. The van der Waals surface area contributed by atoms with Gasteiger partial charge in [0.1, 0.15) is 17.3 Å². The van der Waals surface area contributed by atoms with Crippen molar-refractivity contribution < 1.29 is 13.9 Å². The van der Waals surface area contributed by atoms with Crippen molar-refractivity contribution in [3.05, 3.63) is 48.4 Å². The van der Waals surface area contributed by atoms with Crippen LogP contribution in [-0.2, 0) is 4.79 Å². The second-order valence-electron chi connectivity index (χ2n) is 8.46. The highest BCUT2D eigenvalue weighted by atomic mass is 16.5. The van der Waals surface area contributed by atoms with Crippen LogP contribution in [0.2, 0.25) is 0 Å². The number of rotatable bonds is 4. The summed E-state index contributed by atoms with van der Waals surface area (Å²) in [6.07, 6.45) is 7.58. The van der Waals surface area contributed by atoms with Gasteiger partial charge in [0.15, 0.2) is 5.58 Å². The Kier molecular flexibility index (Phi) is 5.19. The van der Waals surface area contributed by atoms with E-state index in [4.69, 9.17) is 14.1 Å². The minimum absolute atomic E-state index is 0.0402. The number of nitrogens with zero attached hydrogens (tertiary/aromatic N) is 2. The van der Waals surface area contributed by atoms with E-state index in [0.29, 0.717) is 11.8 Å². The topological polar surface area (TPSA) is 55.6 Å². The first-order chi connectivity index (χ1) is 14.7. The number of carbonyl (C=O) groups is 1. The van der Waals surface area contributed by atoms with Crippen LogP contribution in [0.15, 0.2) is 46.9 Å². The molecule has 1 saturated heterocycles. The van der Waals surface area contributed by atoms with Crippen LogP contribution in [-0.4, -0.2) is 29.4 Å². The smallest absolute Gasteiger partial charge is 0.226 e. The number of aromatic nitrogens is 1. The molecule has 30 heavy (non-hydrogen) atoms. The van der Waals surface area contributed by atoms with Gasteiger partial charge in [0.2, 0.25) is 11.8 Å². The maximum atomic E-state index is 13.2. The number of hydrogen-bond acceptors (Lipinski definition) is 4. The summed E-state index contributed by atoms with van der Waals surface area (Å²) in [4.78, 5) is 20.0. The molecule has 5 rings (SSSR count). The zero-order chi connectivity index (χ0) is 20.5. The van der Waals surface area contributed by atoms with Gasteiger partial charge < -0.3 is 14.1 Å². The fourth-order valence-corrected chi connectivity index (χ4v) is 5.01. The molecule has 3 aromatic rings. The average molecular weight is 405 g/mol. The minimum atomic E-state index is -0.0402. The molecule has 0 spiro atoms. The van der Waals surface area contributed by atoms with Crippen molar-refractivity contribution in [2.24, 2.45) is 5.92 Å². The number of para-hydroxylation sites is 1. The van der Waals surface area contributed by atoms with Gasteiger partial charge >= 0.3 is 0 Å². The van der Waals surface area contributed by atoms with E-state index in [-0.39, 0.29) is 12.0 Å². The number of amides is 1. The van der Waals surface area contributed by atoms with Crippen molar-refractivity contribution in [2.75, 3.05) is 13.7 Å². The van der Waals surface area contributed by atoms with Crippen molar-refractivity contribution in [3.63, 3.8) is 0 Å². The van der Waals surface area contributed by atoms with Crippen molar-refractivity contribution in [1.29, 1.82) is 0 Å². The van der Waals surface area contributed by atoms with Crippen LogP contribution in [0.4, 0.5) is 0 Å². The summed E-state index contributed by atoms with van der Waals surface area (Å²) in [7, 11) is 1.68. The van der Waals surface area contributed by atoms with E-state index in [1.54, 1.807) is 7.11 Å². The zero-order valence-corrected chi connectivity index (χ0v) is 17.5. The van der Waals surface area contributed by atoms with Crippen LogP contribution in [0, 0.1) is 5.92 Å². The molecule has 1 amide bonds. The summed E-state index contributed by atoms with van der Waals surface area (Å²) >= 11 is 0. The van der Waals surface area contributed by atoms with E-state index in [1.807, 2.05) is 47.4 Å². The first kappa shape index (κ1) is 19.2. The standard InChI is InChI=1S/C25H28N2O3/c1-29-22-12-6-5-10-19(22)18-13-14-23-20(16-18)26-24(30-23)21-11-7-15-27(21)25(28)17-8-3-2-4-9-17/h5-6,10,12-14,16-17,21H,2-4,7-9,11,15H2,1H3. The molecular formula is C25H28N2O3. The van der Waals surface area contributed by atoms with Gasteiger partial charge in [0.05, 0.1) is 7.11 Å². The lowest BCUT2D eigenvalue weighted by Crippen LogP contribution is -2.36. The van der Waals surface area contributed by atoms with Crippen LogP contribution in [0.5, 0.6) is 5.75 Å². The van der Waals surface area contributed by atoms with Crippen LogP contribution in [0.25, 0.3) is 22.2 Å². The number of methoxy groups -OCH3 is 1. The number of oxazole rings is 1. The molecule has 2 aliphatic rings. The maximum Gasteiger partial charge on any atom is 0.226 e. The Bertz CT molecular complexity index is 1050. The molecule has 0 radical (unpaired) electrons. The number of hydrogen-bond donors (Lipinski definition) is 0. The lowest BCUT2D eigenvalue weighted by molar-refractivity contribution is -0.137. The third-order valence-corrected chi connectivity index (χ3v) is 6.60. The van der Waals surface area contributed by atoms with Crippen molar-refractivity contribution in [2.45, 2.75) is 51.0 Å². The summed E-state index contributed by atoms with van der Waals surface area (Å²) in [5, 5.41) is 0. The third kappa shape index (κ3) is 3.47. The van der Waals surface area contributed by atoms with Crippen molar-refractivity contribution in [3.8, 4) is 16.9 Å².